The first-order chi connectivity index (χ1) is 10.5. The first-order valence-corrected chi connectivity index (χ1v) is 7.70. The Labute approximate surface area is 141 Å². The van der Waals surface area contributed by atoms with Crippen LogP contribution in [-0.2, 0) is 0 Å². The summed E-state index contributed by atoms with van der Waals surface area (Å²) < 4.78 is 0. The average molecular weight is 332 g/mol. The molecule has 3 nitrogen and oxygen atoms in total. The number of rotatable bonds is 3. The minimum atomic E-state index is 0.448. The van der Waals surface area contributed by atoms with Crippen LogP contribution in [-0.4, -0.2) is 10.8 Å². The summed E-state index contributed by atoms with van der Waals surface area (Å²) in [6.45, 7) is 5.96. The van der Waals surface area contributed by atoms with Gasteiger partial charge in [0.1, 0.15) is 0 Å². The van der Waals surface area contributed by atoms with E-state index in [1.54, 1.807) is 0 Å². The van der Waals surface area contributed by atoms with E-state index in [0.717, 1.165) is 28.1 Å². The number of nitrogens with one attached hydrogen (secondary N) is 2. The van der Waals surface area contributed by atoms with Crippen LogP contribution in [0.3, 0.4) is 0 Å². The quantitative estimate of drug-likeness (QED) is 0.487. The highest BCUT2D eigenvalue weighted by atomic mass is 35.5. The van der Waals surface area contributed by atoms with E-state index in [1.807, 2.05) is 63.2 Å². The molecule has 0 atom stereocenters. The number of thiocarbonyl (C=S) groups is 1. The smallest absolute Gasteiger partial charge is 0.191 e. The van der Waals surface area contributed by atoms with E-state index in [1.165, 1.54) is 0 Å². The Balaban J connectivity index is 2.07. The second-order valence-electron chi connectivity index (χ2n) is 5.01. The highest BCUT2D eigenvalue weighted by Gasteiger charge is 2.05. The fourth-order valence-corrected chi connectivity index (χ4v) is 2.52. The Morgan fingerprint density at radius 2 is 1.68 bits per heavy atom. The van der Waals surface area contributed by atoms with E-state index >= 15 is 0 Å². The second-order valence-corrected chi connectivity index (χ2v) is 5.83. The molecule has 0 fully saturated rings. The normalized spacial score (nSPS) is 11.2. The Bertz CT molecular complexity index is 705. The number of hydrogen-bond donors (Lipinski definition) is 2. The molecule has 2 aromatic carbocycles. The number of halogens is 1. The maximum Gasteiger partial charge on any atom is 0.191 e. The topological polar surface area (TPSA) is 36.4 Å². The van der Waals surface area contributed by atoms with Gasteiger partial charge in [0.05, 0.1) is 5.71 Å². The van der Waals surface area contributed by atoms with Crippen LogP contribution < -0.4 is 10.7 Å². The van der Waals surface area contributed by atoms with Gasteiger partial charge in [0, 0.05) is 16.3 Å². The van der Waals surface area contributed by atoms with Gasteiger partial charge in [-0.05, 0) is 50.2 Å². The highest BCUT2D eigenvalue weighted by Crippen LogP contribution is 2.19. The van der Waals surface area contributed by atoms with Gasteiger partial charge in [-0.25, -0.2) is 0 Å². The predicted molar refractivity (Wildman–Crippen MR) is 98.9 cm³/mol. The molecule has 0 aliphatic rings. The number of anilines is 1. The summed E-state index contributed by atoms with van der Waals surface area (Å²) in [5, 5.41) is 8.58. The first-order valence-electron chi connectivity index (χ1n) is 6.91. The van der Waals surface area contributed by atoms with E-state index in [-0.39, 0.29) is 0 Å². The fourth-order valence-electron chi connectivity index (χ4n) is 2.10. The molecule has 2 rings (SSSR count). The Hall–Kier alpha value is -1.91. The molecule has 5 heteroatoms. The molecule has 0 saturated heterocycles. The van der Waals surface area contributed by atoms with E-state index < -0.39 is 0 Å². The maximum atomic E-state index is 6.15. The van der Waals surface area contributed by atoms with E-state index in [4.69, 9.17) is 23.8 Å². The number of benzene rings is 2. The van der Waals surface area contributed by atoms with Crippen molar-refractivity contribution in [2.75, 3.05) is 5.32 Å². The van der Waals surface area contributed by atoms with Gasteiger partial charge in [0.15, 0.2) is 5.11 Å². The zero-order chi connectivity index (χ0) is 16.1. The van der Waals surface area contributed by atoms with Crippen LogP contribution in [0.1, 0.15) is 23.6 Å². The summed E-state index contributed by atoms with van der Waals surface area (Å²) in [4.78, 5) is 0. The largest absolute Gasteiger partial charge is 0.331 e. The molecule has 0 radical (unpaired) electrons. The fraction of sp³-hybridized carbons (Fsp3) is 0.176. The zero-order valence-corrected chi connectivity index (χ0v) is 14.3. The Kier molecular flexibility index (Phi) is 5.52. The van der Waals surface area contributed by atoms with Crippen LogP contribution in [0.4, 0.5) is 5.69 Å². The first kappa shape index (κ1) is 16.5. The van der Waals surface area contributed by atoms with Crippen molar-refractivity contribution < 1.29 is 0 Å². The van der Waals surface area contributed by atoms with Crippen molar-refractivity contribution in [1.29, 1.82) is 0 Å². The van der Waals surface area contributed by atoms with Gasteiger partial charge in [-0.2, -0.15) is 5.10 Å². The molecule has 2 N–H and O–H groups in total. The van der Waals surface area contributed by atoms with Crippen molar-refractivity contribution in [2.45, 2.75) is 20.8 Å². The predicted octanol–water partition coefficient (Wildman–Crippen LogP) is 4.67. The number of aryl methyl sites for hydroxylation is 2. The molecule has 0 heterocycles. The van der Waals surface area contributed by atoms with Gasteiger partial charge in [-0.3, -0.25) is 5.43 Å². The molecule has 0 unspecified atom stereocenters. The zero-order valence-electron chi connectivity index (χ0n) is 12.8. The summed E-state index contributed by atoms with van der Waals surface area (Å²) in [5.41, 5.74) is 7.79. The lowest BCUT2D eigenvalue weighted by atomic mass is 10.1. The molecule has 0 bridgehead atoms. The molecule has 0 spiro atoms. The van der Waals surface area contributed by atoms with Crippen LogP contribution in [0, 0.1) is 13.8 Å². The van der Waals surface area contributed by atoms with Crippen molar-refractivity contribution in [1.82, 2.24) is 5.43 Å². The average Bonchev–Trinajstić information content (AvgIpc) is 2.49. The standard InChI is InChI=1S/C17H18ClN3S/c1-11-7-6-8-12(2)16(11)19-17(22)21-20-13(3)14-9-4-5-10-15(14)18/h4-10H,1-3H3,(H2,19,21,22)/b20-13+. The van der Waals surface area contributed by atoms with Crippen LogP contribution in [0.5, 0.6) is 0 Å². The van der Waals surface area contributed by atoms with Crippen molar-refractivity contribution in [3.8, 4) is 0 Å². The maximum absolute atomic E-state index is 6.15. The molecule has 0 amide bonds. The molecule has 2 aromatic rings. The molecular formula is C17H18ClN3S. The molecular weight excluding hydrogens is 314 g/mol. The Morgan fingerprint density at radius 1 is 1.05 bits per heavy atom. The van der Waals surface area contributed by atoms with Gasteiger partial charge < -0.3 is 5.32 Å². The van der Waals surface area contributed by atoms with Crippen molar-refractivity contribution in [3.63, 3.8) is 0 Å². The van der Waals surface area contributed by atoms with Gasteiger partial charge in [0.25, 0.3) is 0 Å². The van der Waals surface area contributed by atoms with Crippen molar-refractivity contribution in [3.05, 3.63) is 64.2 Å². The molecule has 114 valence electrons. The lowest BCUT2D eigenvalue weighted by Gasteiger charge is -2.13. The van der Waals surface area contributed by atoms with Gasteiger partial charge in [-0.15, -0.1) is 0 Å². The highest BCUT2D eigenvalue weighted by molar-refractivity contribution is 7.80. The van der Waals surface area contributed by atoms with Crippen LogP contribution >= 0.6 is 23.8 Å². The summed E-state index contributed by atoms with van der Waals surface area (Å²) in [6.07, 6.45) is 0. The lowest BCUT2D eigenvalue weighted by molar-refractivity contribution is 1.04. The summed E-state index contributed by atoms with van der Waals surface area (Å²) in [6, 6.07) is 13.7. The van der Waals surface area contributed by atoms with Crippen molar-refractivity contribution >= 4 is 40.3 Å². The van der Waals surface area contributed by atoms with E-state index in [9.17, 15) is 0 Å². The van der Waals surface area contributed by atoms with Crippen LogP contribution in [0.15, 0.2) is 47.6 Å². The second kappa shape index (κ2) is 7.38. The van der Waals surface area contributed by atoms with Crippen molar-refractivity contribution in [2.24, 2.45) is 5.10 Å². The Morgan fingerprint density at radius 3 is 2.32 bits per heavy atom. The van der Waals surface area contributed by atoms with Crippen LogP contribution in [0.25, 0.3) is 0 Å². The monoisotopic (exact) mass is 331 g/mol. The van der Waals surface area contributed by atoms with Gasteiger partial charge in [0.2, 0.25) is 0 Å². The lowest BCUT2D eigenvalue weighted by Crippen LogP contribution is -2.25. The third-order valence-electron chi connectivity index (χ3n) is 3.31. The minimum absolute atomic E-state index is 0.448. The third-order valence-corrected chi connectivity index (χ3v) is 3.83. The minimum Gasteiger partial charge on any atom is -0.331 e. The molecule has 0 saturated carbocycles. The van der Waals surface area contributed by atoms with E-state index in [2.05, 4.69) is 15.8 Å². The summed E-state index contributed by atoms with van der Waals surface area (Å²) in [7, 11) is 0. The number of nitrogens with zero attached hydrogens (tertiary/aromatic N) is 1. The summed E-state index contributed by atoms with van der Waals surface area (Å²) >= 11 is 11.4. The third kappa shape index (κ3) is 4.06. The number of hydrogen-bond acceptors (Lipinski definition) is 2. The van der Waals surface area contributed by atoms with Gasteiger partial charge in [-0.1, -0.05) is 48.0 Å². The van der Waals surface area contributed by atoms with Gasteiger partial charge >= 0.3 is 0 Å². The van der Waals surface area contributed by atoms with Crippen LogP contribution in [0.2, 0.25) is 5.02 Å². The molecule has 22 heavy (non-hydrogen) atoms. The number of hydrazone groups is 1. The SMILES string of the molecule is C/C(=N\NC(=S)Nc1c(C)cccc1C)c1ccccc1Cl. The molecule has 0 aliphatic heterocycles. The number of para-hydroxylation sites is 1. The van der Waals surface area contributed by atoms with E-state index in [0.29, 0.717) is 10.1 Å². The molecule has 0 aliphatic carbocycles. The molecule has 0 aromatic heterocycles. The summed E-state index contributed by atoms with van der Waals surface area (Å²) in [5.74, 6) is 0.